The molecular weight excluding hydrogens is 340 g/mol. The molecule has 2 N–H and O–H groups in total. The molecule has 0 aromatic heterocycles. The first-order chi connectivity index (χ1) is 10.5. The van der Waals surface area contributed by atoms with E-state index in [0.29, 0.717) is 12.0 Å². The molecule has 1 aromatic rings. The number of carbonyl (C=O) groups is 1. The Balaban J connectivity index is 1.99. The van der Waals surface area contributed by atoms with Crippen molar-refractivity contribution >= 4 is 21.8 Å². The van der Waals surface area contributed by atoms with E-state index in [4.69, 9.17) is 0 Å². The minimum atomic E-state index is 0.0594. The summed E-state index contributed by atoms with van der Waals surface area (Å²) in [7, 11) is 0. The number of hydrogen-bond acceptors (Lipinski definition) is 2. The molecule has 1 atom stereocenters. The van der Waals surface area contributed by atoms with Crippen molar-refractivity contribution in [2.45, 2.75) is 45.6 Å². The zero-order valence-corrected chi connectivity index (χ0v) is 15.2. The average molecular weight is 367 g/mol. The van der Waals surface area contributed by atoms with Crippen molar-refractivity contribution < 1.29 is 4.79 Å². The zero-order chi connectivity index (χ0) is 15.9. The van der Waals surface area contributed by atoms with Gasteiger partial charge in [0.25, 0.3) is 0 Å². The van der Waals surface area contributed by atoms with Crippen LogP contribution in [0, 0.1) is 11.8 Å². The Hall–Kier alpha value is -0.870. The summed E-state index contributed by atoms with van der Waals surface area (Å²) in [6.45, 7) is 6.38. The molecule has 4 heteroatoms. The largest absolute Gasteiger partial charge is 0.353 e. The Morgan fingerprint density at radius 2 is 2.09 bits per heavy atom. The number of benzene rings is 1. The zero-order valence-electron chi connectivity index (χ0n) is 13.6. The highest BCUT2D eigenvalue weighted by Crippen LogP contribution is 2.21. The van der Waals surface area contributed by atoms with Crippen molar-refractivity contribution in [2.75, 3.05) is 13.1 Å². The van der Waals surface area contributed by atoms with E-state index in [9.17, 15) is 4.79 Å². The van der Waals surface area contributed by atoms with Crippen molar-refractivity contribution in [3.63, 3.8) is 0 Å². The summed E-state index contributed by atoms with van der Waals surface area (Å²) < 4.78 is 1.08. The van der Waals surface area contributed by atoms with Crippen LogP contribution in [0.15, 0.2) is 28.7 Å². The van der Waals surface area contributed by atoms with Crippen LogP contribution in [-0.2, 0) is 11.2 Å². The van der Waals surface area contributed by atoms with E-state index in [2.05, 4.69) is 52.5 Å². The fourth-order valence-electron chi connectivity index (χ4n) is 3.09. The summed E-state index contributed by atoms with van der Waals surface area (Å²) in [5, 5.41) is 6.61. The molecule has 22 heavy (non-hydrogen) atoms. The highest BCUT2D eigenvalue weighted by Gasteiger charge is 2.23. The number of hydrogen-bond donors (Lipinski definition) is 2. The molecule has 1 aliphatic rings. The number of amides is 1. The maximum atomic E-state index is 12.7. The van der Waals surface area contributed by atoms with Crippen LogP contribution in [-0.4, -0.2) is 25.0 Å². The molecule has 0 bridgehead atoms. The van der Waals surface area contributed by atoms with E-state index in [-0.39, 0.29) is 11.8 Å². The summed E-state index contributed by atoms with van der Waals surface area (Å²) >= 11 is 3.51. The van der Waals surface area contributed by atoms with Gasteiger partial charge in [-0.3, -0.25) is 4.79 Å². The number of rotatable bonds is 6. The normalized spacial score (nSPS) is 17.5. The van der Waals surface area contributed by atoms with Crippen LogP contribution in [0.1, 0.15) is 38.7 Å². The topological polar surface area (TPSA) is 41.1 Å². The summed E-state index contributed by atoms with van der Waals surface area (Å²) in [6.07, 6.45) is 3.83. The Bertz CT molecular complexity index is 484. The minimum Gasteiger partial charge on any atom is -0.353 e. The third-order valence-electron chi connectivity index (χ3n) is 4.18. The number of nitrogens with one attached hydrogen (secondary N) is 2. The first kappa shape index (κ1) is 17.5. The molecule has 2 rings (SSSR count). The van der Waals surface area contributed by atoms with Gasteiger partial charge in [0.15, 0.2) is 0 Å². The summed E-state index contributed by atoms with van der Waals surface area (Å²) in [5.41, 5.74) is 1.22. The molecule has 0 aliphatic carbocycles. The molecule has 0 saturated carbocycles. The predicted molar refractivity (Wildman–Crippen MR) is 94.8 cm³/mol. The number of halogens is 1. The first-order valence-electron chi connectivity index (χ1n) is 8.30. The molecule has 1 amide bonds. The standard InChI is InChI=1S/C18H27BrN2O/c1-13(2)10-15(11-14-4-3-5-16(19)12-14)18(22)21-17-6-8-20-9-7-17/h3-5,12-13,15,17,20H,6-11H2,1-2H3,(H,21,22). The summed E-state index contributed by atoms with van der Waals surface area (Å²) in [4.78, 5) is 12.7. The van der Waals surface area contributed by atoms with Crippen LogP contribution in [0.2, 0.25) is 0 Å². The fourth-order valence-corrected chi connectivity index (χ4v) is 3.53. The Morgan fingerprint density at radius 3 is 2.73 bits per heavy atom. The predicted octanol–water partition coefficient (Wildman–Crippen LogP) is 3.52. The molecule has 1 fully saturated rings. The van der Waals surface area contributed by atoms with Crippen molar-refractivity contribution in [1.29, 1.82) is 0 Å². The third kappa shape index (κ3) is 5.73. The molecule has 0 spiro atoms. The third-order valence-corrected chi connectivity index (χ3v) is 4.68. The lowest BCUT2D eigenvalue weighted by atomic mass is 9.89. The molecule has 3 nitrogen and oxygen atoms in total. The fraction of sp³-hybridized carbons (Fsp3) is 0.611. The maximum Gasteiger partial charge on any atom is 0.223 e. The van der Waals surface area contributed by atoms with Gasteiger partial charge in [0, 0.05) is 16.4 Å². The maximum absolute atomic E-state index is 12.7. The highest BCUT2D eigenvalue weighted by molar-refractivity contribution is 9.10. The van der Waals surface area contributed by atoms with Gasteiger partial charge in [0.1, 0.15) is 0 Å². The van der Waals surface area contributed by atoms with Gasteiger partial charge in [0.2, 0.25) is 5.91 Å². The van der Waals surface area contributed by atoms with Crippen LogP contribution < -0.4 is 10.6 Å². The van der Waals surface area contributed by atoms with Gasteiger partial charge in [-0.2, -0.15) is 0 Å². The van der Waals surface area contributed by atoms with E-state index < -0.39 is 0 Å². The van der Waals surface area contributed by atoms with Crippen LogP contribution >= 0.6 is 15.9 Å². The van der Waals surface area contributed by atoms with Crippen molar-refractivity contribution in [3.8, 4) is 0 Å². The first-order valence-corrected chi connectivity index (χ1v) is 9.09. The molecule has 1 aliphatic heterocycles. The lowest BCUT2D eigenvalue weighted by molar-refractivity contribution is -0.126. The molecule has 1 heterocycles. The Kier molecular flexibility index (Phi) is 6.90. The second kappa shape index (κ2) is 8.68. The van der Waals surface area contributed by atoms with Gasteiger partial charge in [-0.25, -0.2) is 0 Å². The van der Waals surface area contributed by atoms with Crippen molar-refractivity contribution in [1.82, 2.24) is 10.6 Å². The summed E-state index contributed by atoms with van der Waals surface area (Å²) in [6, 6.07) is 8.62. The van der Waals surface area contributed by atoms with E-state index in [1.807, 2.05) is 12.1 Å². The second-order valence-electron chi connectivity index (χ2n) is 6.69. The van der Waals surface area contributed by atoms with E-state index >= 15 is 0 Å². The minimum absolute atomic E-state index is 0.0594. The van der Waals surface area contributed by atoms with Gasteiger partial charge in [-0.05, 0) is 62.4 Å². The van der Waals surface area contributed by atoms with Crippen LogP contribution in [0.3, 0.4) is 0 Å². The second-order valence-corrected chi connectivity index (χ2v) is 7.61. The van der Waals surface area contributed by atoms with Gasteiger partial charge < -0.3 is 10.6 Å². The Labute approximate surface area is 142 Å². The quantitative estimate of drug-likeness (QED) is 0.808. The lowest BCUT2D eigenvalue weighted by Crippen LogP contribution is -2.45. The highest BCUT2D eigenvalue weighted by atomic mass is 79.9. The molecule has 1 unspecified atom stereocenters. The van der Waals surface area contributed by atoms with Gasteiger partial charge >= 0.3 is 0 Å². The SMILES string of the molecule is CC(C)CC(Cc1cccc(Br)c1)C(=O)NC1CCNCC1. The molecule has 122 valence electrons. The van der Waals surface area contributed by atoms with Gasteiger partial charge in [0.05, 0.1) is 0 Å². The van der Waals surface area contributed by atoms with E-state index in [1.165, 1.54) is 5.56 Å². The van der Waals surface area contributed by atoms with Crippen molar-refractivity contribution in [2.24, 2.45) is 11.8 Å². The summed E-state index contributed by atoms with van der Waals surface area (Å²) in [5.74, 6) is 0.806. The Morgan fingerprint density at radius 1 is 1.36 bits per heavy atom. The number of carbonyl (C=O) groups excluding carboxylic acids is 1. The van der Waals surface area contributed by atoms with Crippen molar-refractivity contribution in [3.05, 3.63) is 34.3 Å². The van der Waals surface area contributed by atoms with Gasteiger partial charge in [-0.15, -0.1) is 0 Å². The van der Waals surface area contributed by atoms with Gasteiger partial charge in [-0.1, -0.05) is 41.9 Å². The van der Waals surface area contributed by atoms with E-state index in [1.54, 1.807) is 0 Å². The van der Waals surface area contributed by atoms with Crippen LogP contribution in [0.5, 0.6) is 0 Å². The van der Waals surface area contributed by atoms with Crippen LogP contribution in [0.4, 0.5) is 0 Å². The van der Waals surface area contributed by atoms with Crippen LogP contribution in [0.25, 0.3) is 0 Å². The number of piperidine rings is 1. The molecule has 1 saturated heterocycles. The lowest BCUT2D eigenvalue weighted by Gasteiger charge is -2.27. The molecular formula is C18H27BrN2O. The smallest absolute Gasteiger partial charge is 0.223 e. The molecule has 0 radical (unpaired) electrons. The average Bonchev–Trinajstić information content (AvgIpc) is 2.47. The molecule has 1 aromatic carbocycles. The monoisotopic (exact) mass is 366 g/mol. The van der Waals surface area contributed by atoms with E-state index in [0.717, 1.165) is 43.2 Å².